The standard InChI is InChI=1S/C44H52N6O7S2/c1-44(2,3)57-43(52)45-25-11-10-14-35(29-58-36-15-8-5-9-16-36)47-38-23-22-37(27-41(38)50(53)54)59(55,56)48-42(51)33-19-17-32(18-20-33)34-21-24-40-39(26-34)46-30-49(40)28-31-12-6-4-7-13-31/h5,8-9,15-24,26-27,30-31,35,47H,4,6-7,10-14,25,28-29H2,1-3H3,(H,45,52)(H,48,51)/t35-/m1/s1. The first kappa shape index (κ1) is 43.2. The van der Waals surface area contributed by atoms with Crippen LogP contribution in [0.2, 0.25) is 0 Å². The van der Waals surface area contributed by atoms with Gasteiger partial charge in [0.25, 0.3) is 21.6 Å². The number of nitrogens with zero attached hydrogens (tertiary/aromatic N) is 3. The highest BCUT2D eigenvalue weighted by Gasteiger charge is 2.25. The highest BCUT2D eigenvalue weighted by atomic mass is 32.2. The molecule has 1 saturated carbocycles. The van der Waals surface area contributed by atoms with Crippen molar-refractivity contribution in [1.82, 2.24) is 19.6 Å². The van der Waals surface area contributed by atoms with Gasteiger partial charge in [0, 0.05) is 41.4 Å². The van der Waals surface area contributed by atoms with Gasteiger partial charge in [0.1, 0.15) is 11.3 Å². The van der Waals surface area contributed by atoms with Gasteiger partial charge in [-0.2, -0.15) is 0 Å². The van der Waals surface area contributed by atoms with Gasteiger partial charge in [-0.15, -0.1) is 11.8 Å². The molecule has 1 aromatic heterocycles. The number of rotatable bonds is 17. The predicted molar refractivity (Wildman–Crippen MR) is 232 cm³/mol. The van der Waals surface area contributed by atoms with Crippen molar-refractivity contribution in [2.24, 2.45) is 5.92 Å². The summed E-state index contributed by atoms with van der Waals surface area (Å²) in [6.07, 6.45) is 9.74. The van der Waals surface area contributed by atoms with E-state index in [1.807, 2.05) is 48.8 Å². The minimum Gasteiger partial charge on any atom is -0.444 e. The molecule has 59 heavy (non-hydrogen) atoms. The molecule has 1 aliphatic carbocycles. The smallest absolute Gasteiger partial charge is 0.407 e. The summed E-state index contributed by atoms with van der Waals surface area (Å²) in [7, 11) is -4.48. The number of imidazole rings is 1. The van der Waals surface area contributed by atoms with E-state index in [0.29, 0.717) is 37.5 Å². The van der Waals surface area contributed by atoms with Gasteiger partial charge in [-0.3, -0.25) is 14.9 Å². The van der Waals surface area contributed by atoms with Crippen LogP contribution < -0.4 is 15.4 Å². The number of fused-ring (bicyclic) bond motifs is 1. The number of nitrogens with one attached hydrogen (secondary N) is 3. The van der Waals surface area contributed by atoms with Crippen LogP contribution in [0, 0.1) is 16.0 Å². The molecule has 0 unspecified atom stereocenters. The molecule has 0 bridgehead atoms. The highest BCUT2D eigenvalue weighted by molar-refractivity contribution is 7.99. The number of anilines is 1. The van der Waals surface area contributed by atoms with Crippen LogP contribution in [0.3, 0.4) is 0 Å². The summed E-state index contributed by atoms with van der Waals surface area (Å²) in [5, 5.41) is 18.3. The third-order valence-electron chi connectivity index (χ3n) is 10.2. The third kappa shape index (κ3) is 12.3. The maximum Gasteiger partial charge on any atom is 0.407 e. The lowest BCUT2D eigenvalue weighted by atomic mass is 9.89. The quantitative estimate of drug-likeness (QED) is 0.0354. The summed E-state index contributed by atoms with van der Waals surface area (Å²) >= 11 is 1.59. The van der Waals surface area contributed by atoms with Crippen LogP contribution in [0.5, 0.6) is 0 Å². The summed E-state index contributed by atoms with van der Waals surface area (Å²) in [5.41, 5.74) is 2.93. The van der Waals surface area contributed by atoms with Gasteiger partial charge >= 0.3 is 6.09 Å². The Morgan fingerprint density at radius 2 is 1.68 bits per heavy atom. The lowest BCUT2D eigenvalue weighted by Crippen LogP contribution is -2.33. The van der Waals surface area contributed by atoms with Crippen LogP contribution >= 0.6 is 11.8 Å². The minimum atomic E-state index is -4.48. The molecule has 0 radical (unpaired) electrons. The molecule has 0 saturated heterocycles. The van der Waals surface area contributed by atoms with Crippen LogP contribution in [0.4, 0.5) is 16.2 Å². The first-order chi connectivity index (χ1) is 28.2. The number of thioether (sulfide) groups is 1. The van der Waals surface area contributed by atoms with Gasteiger partial charge in [0.05, 0.1) is 27.2 Å². The Bertz CT molecular complexity index is 2340. The Balaban J connectivity index is 1.09. The van der Waals surface area contributed by atoms with Gasteiger partial charge in [0.2, 0.25) is 0 Å². The topological polar surface area (TPSA) is 175 Å². The Hall–Kier alpha value is -5.41. The molecular formula is C44H52N6O7S2. The zero-order valence-corrected chi connectivity index (χ0v) is 35.3. The number of amides is 2. The fourth-order valence-corrected chi connectivity index (χ4v) is 9.18. The summed E-state index contributed by atoms with van der Waals surface area (Å²) in [4.78, 5) is 42.1. The molecule has 3 N–H and O–H groups in total. The molecule has 1 fully saturated rings. The van der Waals surface area contributed by atoms with Crippen LogP contribution in [0.25, 0.3) is 22.2 Å². The number of nitro benzene ring substituents is 1. The number of sulfonamides is 1. The average Bonchev–Trinajstić information content (AvgIpc) is 3.61. The first-order valence-corrected chi connectivity index (χ1v) is 22.5. The van der Waals surface area contributed by atoms with E-state index in [-0.39, 0.29) is 17.3 Å². The van der Waals surface area contributed by atoms with Crippen molar-refractivity contribution in [1.29, 1.82) is 0 Å². The van der Waals surface area contributed by atoms with E-state index in [1.165, 1.54) is 44.2 Å². The molecule has 5 aromatic rings. The molecule has 4 aromatic carbocycles. The lowest BCUT2D eigenvalue weighted by molar-refractivity contribution is -0.384. The van der Waals surface area contributed by atoms with Gasteiger partial charge in [0.15, 0.2) is 0 Å². The molecule has 13 nitrogen and oxygen atoms in total. The van der Waals surface area contributed by atoms with Crippen LogP contribution in [0.1, 0.15) is 82.5 Å². The zero-order valence-electron chi connectivity index (χ0n) is 33.7. The predicted octanol–water partition coefficient (Wildman–Crippen LogP) is 9.58. The summed E-state index contributed by atoms with van der Waals surface area (Å²) in [6, 6.07) is 25.7. The summed E-state index contributed by atoms with van der Waals surface area (Å²) < 4.78 is 36.4. The molecular weight excluding hydrogens is 789 g/mol. The van der Waals surface area contributed by atoms with E-state index in [0.717, 1.165) is 39.7 Å². The van der Waals surface area contributed by atoms with Gasteiger partial charge in [-0.1, -0.05) is 55.7 Å². The maximum absolute atomic E-state index is 13.4. The maximum atomic E-state index is 13.4. The molecule has 6 rings (SSSR count). The number of hydrogen-bond donors (Lipinski definition) is 3. The molecule has 2 amide bonds. The molecule has 1 atom stereocenters. The highest BCUT2D eigenvalue weighted by Crippen LogP contribution is 2.32. The average molecular weight is 841 g/mol. The van der Waals surface area contributed by atoms with Gasteiger partial charge < -0.3 is 19.9 Å². The van der Waals surface area contributed by atoms with E-state index >= 15 is 0 Å². The van der Waals surface area contributed by atoms with Crippen molar-refractivity contribution in [3.05, 3.63) is 113 Å². The normalized spacial score (nSPS) is 14.1. The zero-order chi connectivity index (χ0) is 42.0. The van der Waals surface area contributed by atoms with Crippen molar-refractivity contribution < 1.29 is 27.7 Å². The molecule has 1 aliphatic rings. The van der Waals surface area contributed by atoms with Crippen molar-refractivity contribution >= 4 is 56.2 Å². The molecule has 0 spiro atoms. The van der Waals surface area contributed by atoms with Gasteiger partial charge in [-0.05, 0) is 118 Å². The first-order valence-electron chi connectivity index (χ1n) is 20.1. The van der Waals surface area contributed by atoms with Gasteiger partial charge in [-0.25, -0.2) is 22.9 Å². The van der Waals surface area contributed by atoms with Crippen LogP contribution in [0.15, 0.2) is 107 Å². The number of alkyl carbamates (subject to hydrolysis) is 1. The fourth-order valence-electron chi connectivity index (χ4n) is 7.19. The second-order valence-electron chi connectivity index (χ2n) is 15.9. The summed E-state index contributed by atoms with van der Waals surface area (Å²) in [5.74, 6) is 0.374. The fraction of sp³-hybridized carbons (Fsp3) is 0.386. The van der Waals surface area contributed by atoms with Crippen molar-refractivity contribution in [2.45, 2.75) is 100 Å². The Morgan fingerprint density at radius 3 is 2.39 bits per heavy atom. The number of nitro groups is 1. The number of hydrogen-bond acceptors (Lipinski definition) is 10. The largest absolute Gasteiger partial charge is 0.444 e. The molecule has 0 aliphatic heterocycles. The second kappa shape index (κ2) is 19.6. The van der Waals surface area contributed by atoms with Crippen LogP contribution in [-0.2, 0) is 21.3 Å². The number of aromatic nitrogens is 2. The van der Waals surface area contributed by atoms with E-state index in [9.17, 15) is 28.1 Å². The third-order valence-corrected chi connectivity index (χ3v) is 12.7. The van der Waals surface area contributed by atoms with E-state index in [2.05, 4.69) is 31.0 Å². The van der Waals surface area contributed by atoms with Crippen molar-refractivity contribution in [3.63, 3.8) is 0 Å². The molecule has 312 valence electrons. The number of carbonyl (C=O) groups is 2. The van der Waals surface area contributed by atoms with Crippen molar-refractivity contribution in [2.75, 3.05) is 17.6 Å². The van der Waals surface area contributed by atoms with E-state index in [1.54, 1.807) is 56.8 Å². The number of ether oxygens (including phenoxy) is 1. The van der Waals surface area contributed by atoms with E-state index in [4.69, 9.17) is 4.74 Å². The monoisotopic (exact) mass is 840 g/mol. The molecule has 1 heterocycles. The second-order valence-corrected chi connectivity index (χ2v) is 18.7. The number of unbranched alkanes of at least 4 members (excludes halogenated alkanes) is 1. The van der Waals surface area contributed by atoms with E-state index < -0.39 is 43.1 Å². The lowest BCUT2D eigenvalue weighted by Gasteiger charge is -2.22. The van der Waals surface area contributed by atoms with Crippen molar-refractivity contribution in [3.8, 4) is 11.1 Å². The minimum absolute atomic E-state index is 0.114. The number of benzene rings is 4. The Kier molecular flexibility index (Phi) is 14.3. The molecule has 15 heteroatoms. The number of carbonyl (C=O) groups excluding carboxylic acids is 2. The SMILES string of the molecule is CC(C)(C)OC(=O)NCCCC[C@H](CSc1ccccc1)Nc1ccc(S(=O)(=O)NC(=O)c2ccc(-c3ccc4c(c3)ncn4CC3CCCCC3)cc2)cc1[N+](=O)[O-]. The Labute approximate surface area is 349 Å². The summed E-state index contributed by atoms with van der Waals surface area (Å²) in [6.45, 7) is 6.74. The Morgan fingerprint density at radius 1 is 0.949 bits per heavy atom. The van der Waals surface area contributed by atoms with Crippen LogP contribution in [-0.4, -0.2) is 58.8 Å².